The van der Waals surface area contributed by atoms with E-state index in [1.807, 2.05) is 13.8 Å². The molecule has 1 atom stereocenters. The van der Waals surface area contributed by atoms with Gasteiger partial charge in [-0.15, -0.1) is 0 Å². The first-order chi connectivity index (χ1) is 15.5. The summed E-state index contributed by atoms with van der Waals surface area (Å²) in [5.74, 6) is 0.957. The third-order valence-corrected chi connectivity index (χ3v) is 6.54. The quantitative estimate of drug-likeness (QED) is 0.371. The summed E-state index contributed by atoms with van der Waals surface area (Å²) in [5, 5.41) is 0. The first kappa shape index (κ1) is 24.5. The highest BCUT2D eigenvalue weighted by Gasteiger charge is 2.36. The summed E-state index contributed by atoms with van der Waals surface area (Å²) in [5.41, 5.74) is 6.30. The zero-order valence-corrected chi connectivity index (χ0v) is 20.3. The van der Waals surface area contributed by atoms with Crippen LogP contribution in [0.15, 0.2) is 59.9 Å². The Bertz CT molecular complexity index is 858. The minimum atomic E-state index is 0.0278. The Balaban J connectivity index is 1.59. The second-order valence-corrected chi connectivity index (χ2v) is 8.80. The Hall–Kier alpha value is -2.14. The van der Waals surface area contributed by atoms with Crippen LogP contribution in [0, 0.1) is 5.41 Å². The monoisotopic (exact) mass is 438 g/mol. The van der Waals surface area contributed by atoms with Crippen molar-refractivity contribution in [2.24, 2.45) is 5.41 Å². The fraction of sp³-hybridized carbons (Fsp3) is 0.500. The zero-order valence-electron chi connectivity index (χ0n) is 20.3. The topological polar surface area (TPSA) is 36.9 Å². The predicted octanol–water partition coefficient (Wildman–Crippen LogP) is 6.18. The van der Waals surface area contributed by atoms with Gasteiger partial charge in [-0.3, -0.25) is 0 Å². The van der Waals surface area contributed by atoms with E-state index in [4.69, 9.17) is 18.9 Å². The maximum atomic E-state index is 5.98. The smallest absolute Gasteiger partial charge is 0.0949 e. The Kier molecular flexibility index (Phi) is 8.92. The lowest BCUT2D eigenvalue weighted by molar-refractivity contribution is -0.152. The molecule has 0 N–H and O–H groups in total. The molecule has 2 aromatic rings. The summed E-state index contributed by atoms with van der Waals surface area (Å²) < 4.78 is 22.7. The maximum Gasteiger partial charge on any atom is 0.0949 e. The van der Waals surface area contributed by atoms with Crippen molar-refractivity contribution in [1.29, 1.82) is 0 Å². The minimum Gasteiger partial charge on any atom is -0.498 e. The molecule has 4 heteroatoms. The van der Waals surface area contributed by atoms with Crippen LogP contribution in [-0.2, 0) is 32.0 Å². The Labute approximate surface area is 193 Å². The number of ether oxygens (including phenoxy) is 4. The highest BCUT2D eigenvalue weighted by molar-refractivity contribution is 5.64. The van der Waals surface area contributed by atoms with Crippen molar-refractivity contribution in [2.45, 2.75) is 53.2 Å². The highest BCUT2D eigenvalue weighted by atomic mass is 16.5. The summed E-state index contributed by atoms with van der Waals surface area (Å²) >= 11 is 0. The van der Waals surface area contributed by atoms with Gasteiger partial charge in [-0.2, -0.15) is 0 Å². The fourth-order valence-electron chi connectivity index (χ4n) is 4.00. The molecule has 1 aliphatic heterocycles. The van der Waals surface area contributed by atoms with E-state index in [2.05, 4.69) is 62.4 Å². The van der Waals surface area contributed by atoms with Gasteiger partial charge in [0.2, 0.25) is 0 Å². The first-order valence-corrected chi connectivity index (χ1v) is 11.7. The van der Waals surface area contributed by atoms with Gasteiger partial charge in [-0.05, 0) is 61.4 Å². The van der Waals surface area contributed by atoms with Crippen LogP contribution in [0.25, 0.3) is 11.1 Å². The molecule has 0 aromatic heterocycles. The molecular weight excluding hydrogens is 400 g/mol. The Morgan fingerprint density at radius 2 is 1.56 bits per heavy atom. The molecule has 1 unspecified atom stereocenters. The zero-order chi connectivity index (χ0) is 23.0. The second-order valence-electron chi connectivity index (χ2n) is 8.80. The van der Waals surface area contributed by atoms with E-state index in [1.54, 1.807) is 7.11 Å². The van der Waals surface area contributed by atoms with Crippen LogP contribution in [0.2, 0.25) is 0 Å². The minimum absolute atomic E-state index is 0.0278. The van der Waals surface area contributed by atoms with Crippen molar-refractivity contribution in [3.05, 3.63) is 71.0 Å². The van der Waals surface area contributed by atoms with Crippen LogP contribution in [0.1, 0.15) is 45.2 Å². The maximum absolute atomic E-state index is 5.98. The molecule has 1 aliphatic rings. The molecule has 2 aromatic carbocycles. The SMILES string of the molecule is CCOC(C)=C(Cc1ccc(-c2ccc(COCC3(CC)COC3)cc2)cc1)C(C)OC. The fourth-order valence-corrected chi connectivity index (χ4v) is 4.00. The van der Waals surface area contributed by atoms with Gasteiger partial charge in [0.15, 0.2) is 0 Å². The molecule has 0 aliphatic carbocycles. The summed E-state index contributed by atoms with van der Waals surface area (Å²) in [4.78, 5) is 0. The number of methoxy groups -OCH3 is 1. The van der Waals surface area contributed by atoms with Gasteiger partial charge in [-0.1, -0.05) is 55.5 Å². The van der Waals surface area contributed by atoms with E-state index in [-0.39, 0.29) is 11.5 Å². The van der Waals surface area contributed by atoms with Gasteiger partial charge >= 0.3 is 0 Å². The average molecular weight is 439 g/mol. The standard InChI is InChI=1S/C28H38O4/c1-6-28(19-31-20-28)18-30-17-24-10-14-26(15-11-24)25-12-8-23(9-13-25)16-27(21(3)29-5)22(4)32-7-2/h8-15,21H,6-7,16-20H2,1-5H3. The normalized spacial score (nSPS) is 16.8. The van der Waals surface area contributed by atoms with Crippen molar-refractivity contribution in [2.75, 3.05) is 33.5 Å². The molecule has 0 amide bonds. The summed E-state index contributed by atoms with van der Waals surface area (Å²) in [7, 11) is 1.74. The van der Waals surface area contributed by atoms with E-state index in [0.29, 0.717) is 13.2 Å². The molecule has 3 rings (SSSR count). The molecule has 174 valence electrons. The molecule has 0 radical (unpaired) electrons. The van der Waals surface area contributed by atoms with Crippen molar-refractivity contribution in [3.8, 4) is 11.1 Å². The van der Waals surface area contributed by atoms with E-state index >= 15 is 0 Å². The van der Waals surface area contributed by atoms with Gasteiger partial charge in [-0.25, -0.2) is 0 Å². The van der Waals surface area contributed by atoms with Crippen molar-refractivity contribution >= 4 is 0 Å². The molecule has 1 saturated heterocycles. The van der Waals surface area contributed by atoms with Gasteiger partial charge in [0, 0.05) is 12.5 Å². The highest BCUT2D eigenvalue weighted by Crippen LogP contribution is 2.31. The van der Waals surface area contributed by atoms with Gasteiger partial charge in [0.25, 0.3) is 0 Å². The number of hydrogen-bond acceptors (Lipinski definition) is 4. The third-order valence-electron chi connectivity index (χ3n) is 6.54. The molecule has 0 spiro atoms. The number of allylic oxidation sites excluding steroid dienone is 1. The molecule has 1 fully saturated rings. The molecule has 4 nitrogen and oxygen atoms in total. The summed E-state index contributed by atoms with van der Waals surface area (Å²) in [6.07, 6.45) is 1.95. The molecule has 0 bridgehead atoms. The summed E-state index contributed by atoms with van der Waals surface area (Å²) in [6.45, 7) is 12.0. The largest absolute Gasteiger partial charge is 0.498 e. The molecule has 32 heavy (non-hydrogen) atoms. The molecular formula is C28H38O4. The average Bonchev–Trinajstić information content (AvgIpc) is 2.80. The summed E-state index contributed by atoms with van der Waals surface area (Å²) in [6, 6.07) is 17.4. The van der Waals surface area contributed by atoms with Crippen LogP contribution in [0.4, 0.5) is 0 Å². The van der Waals surface area contributed by atoms with Crippen LogP contribution in [0.3, 0.4) is 0 Å². The van der Waals surface area contributed by atoms with E-state index in [9.17, 15) is 0 Å². The van der Waals surface area contributed by atoms with Gasteiger partial charge in [0.05, 0.1) is 44.9 Å². The van der Waals surface area contributed by atoms with Crippen molar-refractivity contribution in [1.82, 2.24) is 0 Å². The van der Waals surface area contributed by atoms with Crippen LogP contribution in [-0.4, -0.2) is 39.6 Å². The lowest BCUT2D eigenvalue weighted by atomic mass is 9.84. The predicted molar refractivity (Wildman–Crippen MR) is 130 cm³/mol. The number of benzene rings is 2. The van der Waals surface area contributed by atoms with E-state index in [0.717, 1.165) is 38.4 Å². The van der Waals surface area contributed by atoms with Crippen LogP contribution in [0.5, 0.6) is 0 Å². The lowest BCUT2D eigenvalue weighted by Gasteiger charge is -2.40. The molecule has 0 saturated carbocycles. The van der Waals surface area contributed by atoms with Gasteiger partial charge < -0.3 is 18.9 Å². The number of hydrogen-bond donors (Lipinski definition) is 0. The van der Waals surface area contributed by atoms with Crippen molar-refractivity contribution < 1.29 is 18.9 Å². The first-order valence-electron chi connectivity index (χ1n) is 11.7. The molecule has 1 heterocycles. The Morgan fingerprint density at radius 1 is 0.969 bits per heavy atom. The van der Waals surface area contributed by atoms with Crippen molar-refractivity contribution in [3.63, 3.8) is 0 Å². The van der Waals surface area contributed by atoms with E-state index < -0.39 is 0 Å². The van der Waals surface area contributed by atoms with Crippen LogP contribution >= 0.6 is 0 Å². The van der Waals surface area contributed by atoms with Crippen LogP contribution < -0.4 is 0 Å². The second kappa shape index (κ2) is 11.6. The van der Waals surface area contributed by atoms with E-state index in [1.165, 1.54) is 27.8 Å². The third kappa shape index (κ3) is 6.22. The Morgan fingerprint density at radius 3 is 2.03 bits per heavy atom. The lowest BCUT2D eigenvalue weighted by Crippen LogP contribution is -2.45. The number of rotatable bonds is 12. The van der Waals surface area contributed by atoms with Gasteiger partial charge in [0.1, 0.15) is 0 Å².